The van der Waals surface area contributed by atoms with Gasteiger partial charge in [0.2, 0.25) is 5.91 Å². The molecule has 26 heavy (non-hydrogen) atoms. The molecule has 1 aliphatic rings. The predicted molar refractivity (Wildman–Crippen MR) is 100 cm³/mol. The fraction of sp³-hybridized carbons (Fsp3) is 0.500. The first kappa shape index (κ1) is 18.5. The Morgan fingerprint density at radius 1 is 1.31 bits per heavy atom. The van der Waals surface area contributed by atoms with Gasteiger partial charge in [-0.1, -0.05) is 19.0 Å². The number of carbonyl (C=O) groups excluding carboxylic acids is 1. The van der Waals surface area contributed by atoms with Crippen LogP contribution < -0.4 is 10.1 Å². The van der Waals surface area contributed by atoms with Crippen molar-refractivity contribution in [2.75, 3.05) is 26.2 Å². The molecule has 6 heteroatoms. The van der Waals surface area contributed by atoms with Crippen molar-refractivity contribution in [2.24, 2.45) is 0 Å². The Morgan fingerprint density at radius 2 is 2.12 bits per heavy atom. The molecule has 3 rings (SSSR count). The van der Waals surface area contributed by atoms with E-state index in [2.05, 4.69) is 42.2 Å². The molecular weight excluding hydrogens is 330 g/mol. The second-order valence-corrected chi connectivity index (χ2v) is 6.69. The lowest BCUT2D eigenvalue weighted by Crippen LogP contribution is -2.35. The van der Waals surface area contributed by atoms with E-state index in [9.17, 15) is 4.79 Å². The van der Waals surface area contributed by atoms with Crippen LogP contribution >= 0.6 is 0 Å². The molecule has 0 spiro atoms. The molecule has 1 amide bonds. The maximum Gasteiger partial charge on any atom is 0.226 e. The number of amides is 1. The predicted octanol–water partition coefficient (Wildman–Crippen LogP) is 2.67. The number of hydrogen-bond donors (Lipinski definition) is 1. The Labute approximate surface area is 154 Å². The van der Waals surface area contributed by atoms with Crippen LogP contribution in [0, 0.1) is 0 Å². The summed E-state index contributed by atoms with van der Waals surface area (Å²) >= 11 is 0. The minimum absolute atomic E-state index is 0.0341. The minimum Gasteiger partial charge on any atom is -0.490 e. The lowest BCUT2D eigenvalue weighted by atomic mass is 10.1. The molecule has 0 aliphatic carbocycles. The lowest BCUT2D eigenvalue weighted by molar-refractivity contribution is -0.120. The number of carbonyl (C=O) groups is 1. The number of nitrogens with zero attached hydrogens (tertiary/aromatic N) is 2. The Kier molecular flexibility index (Phi) is 5.93. The highest BCUT2D eigenvalue weighted by Gasteiger charge is 2.20. The molecule has 6 nitrogen and oxygen atoms in total. The number of likely N-dealkylation sites (N-methyl/N-ethyl adjacent to an activating group) is 1. The van der Waals surface area contributed by atoms with E-state index in [1.54, 1.807) is 0 Å². The number of benzene rings is 1. The summed E-state index contributed by atoms with van der Waals surface area (Å²) in [5, 5.41) is 6.98. The van der Waals surface area contributed by atoms with Gasteiger partial charge in [-0.25, -0.2) is 0 Å². The van der Waals surface area contributed by atoms with Crippen LogP contribution in [0.4, 0.5) is 0 Å². The molecule has 1 N–H and O–H groups in total. The highest BCUT2D eigenvalue weighted by Crippen LogP contribution is 2.33. The van der Waals surface area contributed by atoms with Gasteiger partial charge in [0.05, 0.1) is 12.1 Å². The van der Waals surface area contributed by atoms with E-state index >= 15 is 0 Å². The van der Waals surface area contributed by atoms with E-state index in [-0.39, 0.29) is 18.4 Å². The molecule has 1 aromatic heterocycles. The Balaban J connectivity index is 1.55. The molecule has 0 bridgehead atoms. The van der Waals surface area contributed by atoms with Crippen molar-refractivity contribution in [3.05, 3.63) is 35.5 Å². The number of rotatable bonds is 8. The van der Waals surface area contributed by atoms with Crippen LogP contribution in [0.5, 0.6) is 5.75 Å². The zero-order valence-corrected chi connectivity index (χ0v) is 15.7. The summed E-state index contributed by atoms with van der Waals surface area (Å²) in [6, 6.07) is 7.85. The van der Waals surface area contributed by atoms with E-state index in [0.717, 1.165) is 37.4 Å². The topological polar surface area (TPSA) is 67.6 Å². The Bertz CT molecular complexity index is 753. The van der Waals surface area contributed by atoms with Crippen molar-refractivity contribution in [3.8, 4) is 17.1 Å². The standard InChI is InChI=1S/C20H27N3O3/c1-4-23(5-2)9-8-21-20(24)13-17-12-19(26-22-17)15-6-7-18-16(11-15)10-14(3)25-18/h6-7,11-12,14H,4-5,8-10,13H2,1-3H3,(H,21,24). The summed E-state index contributed by atoms with van der Waals surface area (Å²) in [6.45, 7) is 9.78. The molecule has 0 fully saturated rings. The summed E-state index contributed by atoms with van der Waals surface area (Å²) in [4.78, 5) is 14.3. The van der Waals surface area contributed by atoms with Gasteiger partial charge in [-0.15, -0.1) is 0 Å². The molecule has 1 atom stereocenters. The SMILES string of the molecule is CCN(CC)CCNC(=O)Cc1cc(-c2ccc3c(c2)CC(C)O3)on1. The molecule has 140 valence electrons. The first-order valence-corrected chi connectivity index (χ1v) is 9.33. The zero-order valence-electron chi connectivity index (χ0n) is 15.7. The summed E-state index contributed by atoms with van der Waals surface area (Å²) in [6.07, 6.45) is 1.34. The third kappa shape index (κ3) is 4.43. The smallest absolute Gasteiger partial charge is 0.226 e. The van der Waals surface area contributed by atoms with Crippen LogP contribution in [-0.2, 0) is 17.6 Å². The van der Waals surface area contributed by atoms with Gasteiger partial charge >= 0.3 is 0 Å². The van der Waals surface area contributed by atoms with Gasteiger partial charge < -0.3 is 19.5 Å². The van der Waals surface area contributed by atoms with E-state index in [4.69, 9.17) is 9.26 Å². The number of ether oxygens (including phenoxy) is 1. The summed E-state index contributed by atoms with van der Waals surface area (Å²) in [5.74, 6) is 1.58. The quantitative estimate of drug-likeness (QED) is 0.787. The van der Waals surface area contributed by atoms with Gasteiger partial charge in [0.15, 0.2) is 5.76 Å². The first-order chi connectivity index (χ1) is 12.6. The highest BCUT2D eigenvalue weighted by molar-refractivity contribution is 5.78. The van der Waals surface area contributed by atoms with Crippen molar-refractivity contribution in [3.63, 3.8) is 0 Å². The van der Waals surface area contributed by atoms with Gasteiger partial charge in [0.25, 0.3) is 0 Å². The maximum absolute atomic E-state index is 12.1. The highest BCUT2D eigenvalue weighted by atomic mass is 16.5. The molecule has 0 radical (unpaired) electrons. The van der Waals surface area contributed by atoms with E-state index in [1.165, 1.54) is 5.56 Å². The Morgan fingerprint density at radius 3 is 2.88 bits per heavy atom. The number of aromatic nitrogens is 1. The van der Waals surface area contributed by atoms with Crippen LogP contribution in [0.1, 0.15) is 32.0 Å². The number of hydrogen-bond acceptors (Lipinski definition) is 5. The average molecular weight is 357 g/mol. The Hall–Kier alpha value is -2.34. The summed E-state index contributed by atoms with van der Waals surface area (Å²) in [7, 11) is 0. The van der Waals surface area contributed by atoms with E-state index in [0.29, 0.717) is 18.0 Å². The first-order valence-electron chi connectivity index (χ1n) is 9.33. The third-order valence-corrected chi connectivity index (χ3v) is 4.73. The molecule has 1 aromatic carbocycles. The summed E-state index contributed by atoms with van der Waals surface area (Å²) in [5.41, 5.74) is 2.79. The van der Waals surface area contributed by atoms with Crippen LogP contribution in [0.15, 0.2) is 28.8 Å². The van der Waals surface area contributed by atoms with Crippen molar-refractivity contribution >= 4 is 5.91 Å². The number of nitrogens with one attached hydrogen (secondary N) is 1. The normalized spacial score (nSPS) is 15.8. The molecule has 1 aliphatic heterocycles. The fourth-order valence-corrected chi connectivity index (χ4v) is 3.23. The second kappa shape index (κ2) is 8.36. The maximum atomic E-state index is 12.1. The fourth-order valence-electron chi connectivity index (χ4n) is 3.23. The monoisotopic (exact) mass is 357 g/mol. The molecule has 2 aromatic rings. The molecule has 2 heterocycles. The van der Waals surface area contributed by atoms with Gasteiger partial charge in [-0.2, -0.15) is 0 Å². The van der Waals surface area contributed by atoms with Crippen molar-refractivity contribution < 1.29 is 14.1 Å². The largest absolute Gasteiger partial charge is 0.490 e. The van der Waals surface area contributed by atoms with Crippen LogP contribution in [0.2, 0.25) is 0 Å². The third-order valence-electron chi connectivity index (χ3n) is 4.73. The van der Waals surface area contributed by atoms with E-state index in [1.807, 2.05) is 18.2 Å². The second-order valence-electron chi connectivity index (χ2n) is 6.69. The molecule has 1 unspecified atom stereocenters. The van der Waals surface area contributed by atoms with Gasteiger partial charge in [-0.3, -0.25) is 4.79 Å². The van der Waals surface area contributed by atoms with Gasteiger partial charge in [0.1, 0.15) is 11.9 Å². The lowest BCUT2D eigenvalue weighted by Gasteiger charge is -2.17. The summed E-state index contributed by atoms with van der Waals surface area (Å²) < 4.78 is 11.2. The number of fused-ring (bicyclic) bond motifs is 1. The van der Waals surface area contributed by atoms with Gasteiger partial charge in [0, 0.05) is 31.1 Å². The van der Waals surface area contributed by atoms with Crippen molar-refractivity contribution in [2.45, 2.75) is 39.7 Å². The van der Waals surface area contributed by atoms with E-state index < -0.39 is 0 Å². The minimum atomic E-state index is -0.0341. The van der Waals surface area contributed by atoms with Crippen molar-refractivity contribution in [1.82, 2.24) is 15.4 Å². The van der Waals surface area contributed by atoms with Crippen LogP contribution in [0.25, 0.3) is 11.3 Å². The van der Waals surface area contributed by atoms with Gasteiger partial charge in [-0.05, 0) is 43.8 Å². The average Bonchev–Trinajstić information content (AvgIpc) is 3.23. The zero-order chi connectivity index (χ0) is 18.5. The molecule has 0 saturated carbocycles. The molecule has 0 saturated heterocycles. The van der Waals surface area contributed by atoms with Crippen LogP contribution in [-0.4, -0.2) is 48.2 Å². The van der Waals surface area contributed by atoms with Crippen molar-refractivity contribution in [1.29, 1.82) is 0 Å². The van der Waals surface area contributed by atoms with Crippen LogP contribution in [0.3, 0.4) is 0 Å². The molecular formula is C20H27N3O3.